The van der Waals surface area contributed by atoms with Crippen LogP contribution in [0.1, 0.15) is 27.5 Å². The van der Waals surface area contributed by atoms with E-state index in [2.05, 4.69) is 25.1 Å². The van der Waals surface area contributed by atoms with Crippen molar-refractivity contribution in [3.8, 4) is 0 Å². The van der Waals surface area contributed by atoms with E-state index in [1.165, 1.54) is 0 Å². The van der Waals surface area contributed by atoms with Gasteiger partial charge in [0.05, 0.1) is 23.7 Å². The minimum Gasteiger partial charge on any atom is -0.395 e. The fourth-order valence-electron chi connectivity index (χ4n) is 4.67. The second-order valence-corrected chi connectivity index (χ2v) is 9.47. The van der Waals surface area contributed by atoms with Gasteiger partial charge in [-0.2, -0.15) is 0 Å². The van der Waals surface area contributed by atoms with Gasteiger partial charge in [0.15, 0.2) is 5.43 Å². The summed E-state index contributed by atoms with van der Waals surface area (Å²) < 4.78 is 0. The number of nitrogens with one attached hydrogen (secondary N) is 2. The zero-order valence-electron chi connectivity index (χ0n) is 20.2. The number of carbonyl (C=O) groups is 1. The van der Waals surface area contributed by atoms with Gasteiger partial charge in [-0.3, -0.25) is 14.5 Å². The summed E-state index contributed by atoms with van der Waals surface area (Å²) in [4.78, 5) is 38.8. The number of piperazine rings is 1. The third-order valence-electron chi connectivity index (χ3n) is 6.71. The van der Waals surface area contributed by atoms with Crippen molar-refractivity contribution in [1.82, 2.24) is 20.2 Å². The van der Waals surface area contributed by atoms with E-state index in [4.69, 9.17) is 16.7 Å². The maximum atomic E-state index is 13.4. The zero-order valence-corrected chi connectivity index (χ0v) is 21.0. The fourth-order valence-corrected chi connectivity index (χ4v) is 4.85. The van der Waals surface area contributed by atoms with Crippen LogP contribution in [-0.4, -0.2) is 65.2 Å². The molecule has 1 unspecified atom stereocenters. The second kappa shape index (κ2) is 11.1. The van der Waals surface area contributed by atoms with Gasteiger partial charge in [0, 0.05) is 61.1 Å². The molecule has 0 saturated carbocycles. The molecule has 2 aromatic carbocycles. The summed E-state index contributed by atoms with van der Waals surface area (Å²) in [6.07, 6.45) is 3.20. The number of rotatable bonds is 7. The number of benzene rings is 2. The molecule has 5 rings (SSSR count). The van der Waals surface area contributed by atoms with Gasteiger partial charge < -0.3 is 20.3 Å². The highest BCUT2D eigenvalue weighted by atomic mass is 35.5. The summed E-state index contributed by atoms with van der Waals surface area (Å²) in [5, 5.41) is 13.2. The molecule has 8 nitrogen and oxygen atoms in total. The van der Waals surface area contributed by atoms with E-state index >= 15 is 0 Å². The Morgan fingerprint density at radius 3 is 2.57 bits per heavy atom. The minimum atomic E-state index is -0.656. The molecule has 1 fully saturated rings. The molecule has 4 aromatic rings. The second-order valence-electron chi connectivity index (χ2n) is 9.04. The van der Waals surface area contributed by atoms with E-state index in [9.17, 15) is 9.59 Å². The number of halogens is 1. The quantitative estimate of drug-likeness (QED) is 0.348. The van der Waals surface area contributed by atoms with Crippen LogP contribution in [0.5, 0.6) is 0 Å². The number of aromatic nitrogens is 2. The van der Waals surface area contributed by atoms with Crippen molar-refractivity contribution < 1.29 is 9.90 Å². The topological polar surface area (TPSA) is 102 Å². The highest BCUT2D eigenvalue weighted by molar-refractivity contribution is 6.31. The molecule has 0 radical (unpaired) electrons. The summed E-state index contributed by atoms with van der Waals surface area (Å²) in [5.41, 5.74) is 2.09. The van der Waals surface area contributed by atoms with E-state index in [1.807, 2.05) is 36.4 Å². The molecule has 1 aliphatic rings. The number of aliphatic hydroxyl groups is 1. The highest BCUT2D eigenvalue weighted by Crippen LogP contribution is 2.23. The fraction of sp³-hybridized carbons (Fsp3) is 0.250. The summed E-state index contributed by atoms with van der Waals surface area (Å²) >= 11 is 6.09. The van der Waals surface area contributed by atoms with Crippen molar-refractivity contribution >= 4 is 34.2 Å². The summed E-state index contributed by atoms with van der Waals surface area (Å²) in [7, 11) is 0. The molecule has 1 aliphatic heterocycles. The number of amides is 1. The average Bonchev–Trinajstić information content (AvgIpc) is 2.93. The Morgan fingerprint density at radius 2 is 1.86 bits per heavy atom. The van der Waals surface area contributed by atoms with Gasteiger partial charge in [0.2, 0.25) is 0 Å². The Balaban J connectivity index is 1.38. The molecule has 1 atom stereocenters. The van der Waals surface area contributed by atoms with E-state index < -0.39 is 6.04 Å². The lowest BCUT2D eigenvalue weighted by Crippen LogP contribution is -2.47. The molecule has 1 amide bonds. The highest BCUT2D eigenvalue weighted by Gasteiger charge is 2.23. The Hall–Kier alpha value is -3.72. The van der Waals surface area contributed by atoms with Crippen LogP contribution in [0.3, 0.4) is 0 Å². The van der Waals surface area contributed by atoms with Crippen LogP contribution in [-0.2, 0) is 0 Å². The maximum Gasteiger partial charge on any atom is 0.253 e. The van der Waals surface area contributed by atoms with Crippen LogP contribution in [0.25, 0.3) is 10.9 Å². The molecule has 1 saturated heterocycles. The summed E-state index contributed by atoms with van der Waals surface area (Å²) in [6.45, 7) is 4.17. The molecule has 3 heterocycles. The number of nitrogens with zero attached hydrogens (tertiary/aromatic N) is 3. The smallest absolute Gasteiger partial charge is 0.253 e. The van der Waals surface area contributed by atoms with Crippen molar-refractivity contribution in [3.05, 3.63) is 105 Å². The largest absolute Gasteiger partial charge is 0.395 e. The number of aliphatic hydroxyl groups excluding tert-OH is 1. The molecule has 0 bridgehead atoms. The predicted molar refractivity (Wildman–Crippen MR) is 145 cm³/mol. The first-order valence-corrected chi connectivity index (χ1v) is 12.6. The van der Waals surface area contributed by atoms with Gasteiger partial charge >= 0.3 is 0 Å². The third kappa shape index (κ3) is 5.51. The number of pyridine rings is 2. The van der Waals surface area contributed by atoms with E-state index in [0.717, 1.165) is 37.6 Å². The summed E-state index contributed by atoms with van der Waals surface area (Å²) in [6, 6.07) is 17.4. The van der Waals surface area contributed by atoms with Crippen molar-refractivity contribution in [3.63, 3.8) is 0 Å². The number of H-pyrrole nitrogens is 1. The summed E-state index contributed by atoms with van der Waals surface area (Å²) in [5.74, 6) is 0.487. The van der Waals surface area contributed by atoms with E-state index in [-0.39, 0.29) is 17.9 Å². The number of carbonyl (C=O) groups excluding carboxylic acids is 1. The number of fused-ring (bicyclic) bond motifs is 1. The molecular weight excluding hydrogens is 490 g/mol. The van der Waals surface area contributed by atoms with Crippen LogP contribution in [0.4, 0.5) is 5.82 Å². The normalized spacial score (nSPS) is 15.0. The van der Waals surface area contributed by atoms with Gasteiger partial charge in [0.25, 0.3) is 5.91 Å². The Kier molecular flexibility index (Phi) is 7.50. The van der Waals surface area contributed by atoms with E-state index in [1.54, 1.807) is 36.7 Å². The zero-order chi connectivity index (χ0) is 25.8. The van der Waals surface area contributed by atoms with Gasteiger partial charge in [-0.1, -0.05) is 41.9 Å². The molecule has 0 aliphatic carbocycles. The Bertz CT molecular complexity index is 1430. The van der Waals surface area contributed by atoms with Crippen molar-refractivity contribution in [1.29, 1.82) is 0 Å². The first-order valence-electron chi connectivity index (χ1n) is 12.2. The lowest BCUT2D eigenvalue weighted by molar-refractivity contribution is 0.0942. The monoisotopic (exact) mass is 517 g/mol. The maximum absolute atomic E-state index is 13.4. The molecule has 9 heteroatoms. The van der Waals surface area contributed by atoms with Crippen LogP contribution < -0.4 is 15.6 Å². The average molecular weight is 518 g/mol. The van der Waals surface area contributed by atoms with Crippen molar-refractivity contribution in [2.75, 3.05) is 44.2 Å². The Labute approximate surface area is 219 Å². The number of hydrogen-bond donors (Lipinski definition) is 3. The number of anilines is 1. The van der Waals surface area contributed by atoms with Crippen molar-refractivity contribution in [2.24, 2.45) is 0 Å². The predicted octanol–water partition coefficient (Wildman–Crippen LogP) is 3.21. The van der Waals surface area contributed by atoms with Gasteiger partial charge in [-0.15, -0.1) is 0 Å². The SMILES string of the molecule is O=C(NC(c1ccccc1)c1c[nH]c2cc(Cl)ccc2c1=O)c1ccc(N2CCN(CCO)CC2)nc1. The van der Waals surface area contributed by atoms with Gasteiger partial charge in [-0.25, -0.2) is 4.98 Å². The number of β-amino-alcohol motifs (C(OH)–C–C–N with tert-alkyl or cyclic N) is 1. The number of aromatic amines is 1. The molecule has 3 N–H and O–H groups in total. The van der Waals surface area contributed by atoms with Gasteiger partial charge in [0.1, 0.15) is 5.82 Å². The lowest BCUT2D eigenvalue weighted by atomic mass is 9.98. The minimum absolute atomic E-state index is 0.158. The van der Waals surface area contributed by atoms with Crippen LogP contribution in [0.15, 0.2) is 77.9 Å². The van der Waals surface area contributed by atoms with E-state index in [0.29, 0.717) is 33.6 Å². The molecule has 37 heavy (non-hydrogen) atoms. The molecule has 0 spiro atoms. The molecule has 2 aromatic heterocycles. The molecule has 190 valence electrons. The lowest BCUT2D eigenvalue weighted by Gasteiger charge is -2.35. The van der Waals surface area contributed by atoms with Crippen LogP contribution >= 0.6 is 11.6 Å². The standard InChI is InChI=1S/C28H28ClN5O3/c29-21-7-8-22-24(16-21)30-18-23(27(22)36)26(19-4-2-1-3-5-19)32-28(37)20-6-9-25(31-17-20)34-12-10-33(11-13-34)14-15-35/h1-9,16-18,26,35H,10-15H2,(H,30,36)(H,32,37). The first kappa shape index (κ1) is 25.0. The van der Waals surface area contributed by atoms with Crippen LogP contribution in [0.2, 0.25) is 5.02 Å². The Morgan fingerprint density at radius 1 is 1.08 bits per heavy atom. The van der Waals surface area contributed by atoms with Crippen LogP contribution in [0, 0.1) is 0 Å². The van der Waals surface area contributed by atoms with Crippen molar-refractivity contribution in [2.45, 2.75) is 6.04 Å². The first-order chi connectivity index (χ1) is 18.0. The molecular formula is C28H28ClN5O3. The van der Waals surface area contributed by atoms with Gasteiger partial charge in [-0.05, 0) is 35.9 Å². The third-order valence-corrected chi connectivity index (χ3v) is 6.95. The number of hydrogen-bond acceptors (Lipinski definition) is 6.